The number of carbonyl (C=O) groups is 1. The molecule has 5 aromatic carbocycles. The van der Waals surface area contributed by atoms with E-state index < -0.39 is 0 Å². The number of halogens is 1. The Hall–Kier alpha value is -4.19. The van der Waals surface area contributed by atoms with E-state index in [9.17, 15) is 4.79 Å². The van der Waals surface area contributed by atoms with Gasteiger partial charge in [-0.15, -0.1) is 11.8 Å². The lowest BCUT2D eigenvalue weighted by atomic mass is 9.97. The maximum Gasteiger partial charge on any atom is 0.271 e. The van der Waals surface area contributed by atoms with Gasteiger partial charge in [0.1, 0.15) is 0 Å². The summed E-state index contributed by atoms with van der Waals surface area (Å²) in [5, 5.41) is 10.0. The van der Waals surface area contributed by atoms with E-state index in [1.54, 1.807) is 18.0 Å². The summed E-state index contributed by atoms with van der Waals surface area (Å²) in [4.78, 5) is 18.5. The van der Waals surface area contributed by atoms with Gasteiger partial charge < -0.3 is 0 Å². The van der Waals surface area contributed by atoms with Crippen molar-refractivity contribution in [3.63, 3.8) is 0 Å². The molecule has 0 fully saturated rings. The number of carbonyl (C=O) groups excluding carboxylic acids is 1. The van der Waals surface area contributed by atoms with Crippen LogP contribution in [-0.4, -0.2) is 17.1 Å². The van der Waals surface area contributed by atoms with Crippen molar-refractivity contribution in [1.82, 2.24) is 10.4 Å². The minimum atomic E-state index is -0.263. The Morgan fingerprint density at radius 3 is 2.18 bits per heavy atom. The highest BCUT2D eigenvalue weighted by Crippen LogP contribution is 2.35. The molecule has 6 heteroatoms. The average Bonchev–Trinajstić information content (AvgIpc) is 2.98. The van der Waals surface area contributed by atoms with Gasteiger partial charge in [0.05, 0.1) is 16.8 Å². The molecule has 6 aromatic rings. The minimum absolute atomic E-state index is 0.263. The predicted molar refractivity (Wildman–Crippen MR) is 159 cm³/mol. The van der Waals surface area contributed by atoms with Crippen molar-refractivity contribution < 1.29 is 4.79 Å². The quantitative estimate of drug-likeness (QED) is 0.102. The summed E-state index contributed by atoms with van der Waals surface area (Å²) in [6, 6.07) is 33.7. The van der Waals surface area contributed by atoms with Gasteiger partial charge in [0, 0.05) is 44.1 Å². The van der Waals surface area contributed by atoms with Gasteiger partial charge in [0.15, 0.2) is 0 Å². The van der Waals surface area contributed by atoms with Gasteiger partial charge in [0.2, 0.25) is 0 Å². The van der Waals surface area contributed by atoms with Crippen molar-refractivity contribution in [2.45, 2.75) is 10.6 Å². The molecule has 38 heavy (non-hydrogen) atoms. The molecule has 0 atom stereocenters. The molecule has 1 heterocycles. The molecule has 6 rings (SSSR count). The molecule has 0 spiro atoms. The number of aromatic nitrogens is 1. The molecule has 0 bridgehead atoms. The Labute approximate surface area is 229 Å². The summed E-state index contributed by atoms with van der Waals surface area (Å²) in [6.45, 7) is 0. The summed E-state index contributed by atoms with van der Waals surface area (Å²) in [5.41, 5.74) is 6.27. The second-order valence-corrected chi connectivity index (χ2v) is 10.2. The summed E-state index contributed by atoms with van der Waals surface area (Å²) >= 11 is 8.42. The summed E-state index contributed by atoms with van der Waals surface area (Å²) in [5.74, 6) is 0.521. The van der Waals surface area contributed by atoms with E-state index in [2.05, 4.69) is 39.8 Å². The molecule has 1 amide bonds. The van der Waals surface area contributed by atoms with Crippen molar-refractivity contribution in [2.24, 2.45) is 5.10 Å². The molecule has 4 nitrogen and oxygen atoms in total. The largest absolute Gasteiger partial charge is 0.271 e. The second kappa shape index (κ2) is 10.7. The Kier molecular flexibility index (Phi) is 6.78. The molecule has 0 aliphatic heterocycles. The van der Waals surface area contributed by atoms with Crippen molar-refractivity contribution in [2.75, 3.05) is 0 Å². The Balaban J connectivity index is 1.17. The van der Waals surface area contributed by atoms with Crippen LogP contribution in [0, 0.1) is 0 Å². The molecule has 184 valence electrons. The lowest BCUT2D eigenvalue weighted by molar-refractivity contribution is 0.0955. The summed E-state index contributed by atoms with van der Waals surface area (Å²) in [7, 11) is 0. The van der Waals surface area contributed by atoms with Crippen LogP contribution in [0.4, 0.5) is 0 Å². The predicted octanol–water partition coefficient (Wildman–Crippen LogP) is 8.25. The van der Waals surface area contributed by atoms with Crippen LogP contribution in [0.5, 0.6) is 0 Å². The van der Waals surface area contributed by atoms with Crippen LogP contribution in [-0.2, 0) is 5.75 Å². The molecule has 1 N–H and O–H groups in total. The number of para-hydroxylation sites is 1. The third-order valence-corrected chi connectivity index (χ3v) is 8.00. The molecular weight excluding hydrogens is 510 g/mol. The molecule has 0 saturated heterocycles. The zero-order valence-electron chi connectivity index (χ0n) is 20.3. The van der Waals surface area contributed by atoms with Crippen LogP contribution in [0.1, 0.15) is 21.5 Å². The second-order valence-electron chi connectivity index (χ2n) is 8.83. The summed E-state index contributed by atoms with van der Waals surface area (Å²) in [6.07, 6.45) is 3.52. The van der Waals surface area contributed by atoms with Gasteiger partial charge in [-0.05, 0) is 40.6 Å². The van der Waals surface area contributed by atoms with E-state index >= 15 is 0 Å². The van der Waals surface area contributed by atoms with Crippen LogP contribution >= 0.6 is 23.4 Å². The van der Waals surface area contributed by atoms with Crippen molar-refractivity contribution in [3.05, 3.63) is 131 Å². The van der Waals surface area contributed by atoms with E-state index in [-0.39, 0.29) is 5.91 Å². The molecule has 0 aliphatic rings. The third-order valence-electron chi connectivity index (χ3n) is 6.47. The monoisotopic (exact) mass is 531 g/mol. The Bertz CT molecular complexity index is 1770. The van der Waals surface area contributed by atoms with E-state index in [1.807, 2.05) is 85.1 Å². The maximum absolute atomic E-state index is 12.8. The van der Waals surface area contributed by atoms with Crippen LogP contribution in [0.2, 0.25) is 5.02 Å². The number of rotatable bonds is 6. The topological polar surface area (TPSA) is 54.4 Å². The van der Waals surface area contributed by atoms with Crippen molar-refractivity contribution in [3.8, 4) is 0 Å². The number of nitrogens with one attached hydrogen (secondary N) is 1. The smallest absolute Gasteiger partial charge is 0.267 e. The number of hydrogen-bond acceptors (Lipinski definition) is 4. The maximum atomic E-state index is 12.8. The summed E-state index contributed by atoms with van der Waals surface area (Å²) < 4.78 is 0. The minimum Gasteiger partial charge on any atom is -0.267 e. The van der Waals surface area contributed by atoms with Gasteiger partial charge in [-0.1, -0.05) is 90.5 Å². The number of thioether (sulfide) groups is 1. The van der Waals surface area contributed by atoms with Gasteiger partial charge in [-0.3, -0.25) is 9.78 Å². The van der Waals surface area contributed by atoms with Crippen molar-refractivity contribution in [1.29, 1.82) is 0 Å². The van der Waals surface area contributed by atoms with Crippen LogP contribution in [0.15, 0.2) is 119 Å². The molecular formula is C32H22ClN3OS. The fourth-order valence-electron chi connectivity index (χ4n) is 4.57. The van der Waals surface area contributed by atoms with Gasteiger partial charge in [-0.2, -0.15) is 5.10 Å². The van der Waals surface area contributed by atoms with E-state index in [0.717, 1.165) is 54.2 Å². The normalized spacial score (nSPS) is 11.5. The highest BCUT2D eigenvalue weighted by Gasteiger charge is 2.11. The van der Waals surface area contributed by atoms with Gasteiger partial charge >= 0.3 is 0 Å². The molecule has 1 aromatic heterocycles. The van der Waals surface area contributed by atoms with Crippen LogP contribution in [0.25, 0.3) is 32.4 Å². The number of benzene rings is 5. The Morgan fingerprint density at radius 2 is 1.47 bits per heavy atom. The highest BCUT2D eigenvalue weighted by molar-refractivity contribution is 7.98. The number of hydrogen-bond donors (Lipinski definition) is 1. The first-order valence-corrected chi connectivity index (χ1v) is 13.5. The average molecular weight is 532 g/mol. The fraction of sp³-hybridized carbons (Fsp3) is 0.0312. The fourth-order valence-corrected chi connectivity index (χ4v) is 5.90. The standard InChI is InChI=1S/C32H22ClN3OS/c33-30-26-11-3-1-9-24(26)28(25-10-2-4-12-27(25)30)19-35-36-32(37)23-16-14-21(15-17-23)20-38-29-13-5-7-22-8-6-18-34-31(22)29/h1-19H,20H2,(H,36,37)/b35-19+. The zero-order valence-corrected chi connectivity index (χ0v) is 21.8. The van der Waals surface area contributed by atoms with Gasteiger partial charge in [-0.25, -0.2) is 5.43 Å². The third kappa shape index (κ3) is 4.74. The number of hydrazone groups is 1. The molecule has 0 aliphatic carbocycles. The molecule has 0 radical (unpaired) electrons. The molecule has 0 unspecified atom stereocenters. The number of amides is 1. The lowest BCUT2D eigenvalue weighted by Gasteiger charge is -2.10. The van der Waals surface area contributed by atoms with Crippen LogP contribution < -0.4 is 5.43 Å². The van der Waals surface area contributed by atoms with E-state index in [4.69, 9.17) is 11.6 Å². The van der Waals surface area contributed by atoms with Crippen LogP contribution in [0.3, 0.4) is 0 Å². The van der Waals surface area contributed by atoms with Crippen molar-refractivity contribution >= 4 is 67.9 Å². The highest BCUT2D eigenvalue weighted by atomic mass is 35.5. The number of nitrogens with zero attached hydrogens (tertiary/aromatic N) is 2. The first-order chi connectivity index (χ1) is 18.7. The number of pyridine rings is 1. The first-order valence-electron chi connectivity index (χ1n) is 12.2. The first kappa shape index (κ1) is 24.2. The van der Waals surface area contributed by atoms with E-state index in [0.29, 0.717) is 10.6 Å². The molecule has 0 saturated carbocycles. The Morgan fingerprint density at radius 1 is 0.816 bits per heavy atom. The SMILES string of the molecule is O=C(N/N=C/c1c2ccccc2c(Cl)c2ccccc12)c1ccc(CSc2cccc3cccnc23)cc1. The lowest BCUT2D eigenvalue weighted by Crippen LogP contribution is -2.17. The zero-order chi connectivity index (χ0) is 25.9. The number of fused-ring (bicyclic) bond motifs is 3. The van der Waals surface area contributed by atoms with Gasteiger partial charge in [0.25, 0.3) is 5.91 Å². The van der Waals surface area contributed by atoms with E-state index in [1.165, 1.54) is 0 Å².